The highest BCUT2D eigenvalue weighted by molar-refractivity contribution is 7.99. The molecule has 0 fully saturated rings. The first-order chi connectivity index (χ1) is 13.4. The lowest BCUT2D eigenvalue weighted by molar-refractivity contribution is -0.119. The molecule has 0 bridgehead atoms. The Morgan fingerprint density at radius 1 is 1.32 bits per heavy atom. The lowest BCUT2D eigenvalue weighted by Gasteiger charge is -2.27. The quantitative estimate of drug-likeness (QED) is 0.697. The molecular formula is C18H22N6O3S. The van der Waals surface area contributed by atoms with Crippen molar-refractivity contribution in [1.29, 1.82) is 0 Å². The highest BCUT2D eigenvalue weighted by Gasteiger charge is 2.29. The minimum absolute atomic E-state index is 0.115. The van der Waals surface area contributed by atoms with Crippen LogP contribution in [0.4, 0.5) is 11.4 Å². The first-order valence-electron chi connectivity index (χ1n) is 8.87. The number of aryl methyl sites for hydroxylation is 1. The first kappa shape index (κ1) is 19.9. The number of carbonyl (C=O) groups is 3. The van der Waals surface area contributed by atoms with E-state index in [2.05, 4.69) is 15.5 Å². The minimum atomic E-state index is -0.399. The molecule has 2 aromatic rings. The number of primary amides is 1. The summed E-state index contributed by atoms with van der Waals surface area (Å²) in [4.78, 5) is 37.6. The van der Waals surface area contributed by atoms with Crippen molar-refractivity contribution in [3.8, 4) is 0 Å². The monoisotopic (exact) mass is 402 g/mol. The fourth-order valence-electron chi connectivity index (χ4n) is 3.09. The van der Waals surface area contributed by atoms with E-state index >= 15 is 0 Å². The summed E-state index contributed by atoms with van der Waals surface area (Å²) in [5.41, 5.74) is 6.49. The Morgan fingerprint density at radius 3 is 2.82 bits per heavy atom. The SMILES string of the molecule is CC1CC(=O)Nc2ccccc2N1C(=O)CSc1nnc(CCC(N)=O)n1C. The molecule has 0 aliphatic carbocycles. The number of nitrogens with one attached hydrogen (secondary N) is 1. The van der Waals surface area contributed by atoms with Gasteiger partial charge in [-0.05, 0) is 19.1 Å². The van der Waals surface area contributed by atoms with Crippen LogP contribution in [0.1, 0.15) is 25.6 Å². The van der Waals surface area contributed by atoms with Gasteiger partial charge in [-0.15, -0.1) is 10.2 Å². The van der Waals surface area contributed by atoms with E-state index < -0.39 is 5.91 Å². The van der Waals surface area contributed by atoms with E-state index in [0.29, 0.717) is 28.8 Å². The third-order valence-corrected chi connectivity index (χ3v) is 5.48. The number of fused-ring (bicyclic) bond motifs is 1. The summed E-state index contributed by atoms with van der Waals surface area (Å²) in [5.74, 6) is 0.147. The molecule has 0 saturated heterocycles. The van der Waals surface area contributed by atoms with Crippen LogP contribution in [0.15, 0.2) is 29.4 Å². The molecule has 3 rings (SSSR count). The molecule has 9 nitrogen and oxygen atoms in total. The Bertz CT molecular complexity index is 912. The highest BCUT2D eigenvalue weighted by atomic mass is 32.2. The Labute approximate surface area is 166 Å². The van der Waals surface area contributed by atoms with Crippen LogP contribution in [0.3, 0.4) is 0 Å². The van der Waals surface area contributed by atoms with Crippen LogP contribution < -0.4 is 16.0 Å². The van der Waals surface area contributed by atoms with Crippen molar-refractivity contribution in [2.24, 2.45) is 12.8 Å². The van der Waals surface area contributed by atoms with E-state index in [0.717, 1.165) is 0 Å². The van der Waals surface area contributed by atoms with Gasteiger partial charge < -0.3 is 20.5 Å². The molecule has 28 heavy (non-hydrogen) atoms. The number of para-hydroxylation sites is 2. The fourth-order valence-corrected chi connectivity index (χ4v) is 3.88. The summed E-state index contributed by atoms with van der Waals surface area (Å²) in [7, 11) is 1.79. The Hall–Kier alpha value is -2.88. The van der Waals surface area contributed by atoms with Gasteiger partial charge >= 0.3 is 0 Å². The van der Waals surface area contributed by atoms with Crippen molar-refractivity contribution in [2.45, 2.75) is 37.4 Å². The van der Waals surface area contributed by atoms with Crippen LogP contribution in [-0.4, -0.2) is 44.3 Å². The second-order valence-electron chi connectivity index (χ2n) is 6.60. The lowest BCUT2D eigenvalue weighted by atomic mass is 10.2. The van der Waals surface area contributed by atoms with Crippen LogP contribution >= 0.6 is 11.8 Å². The molecule has 1 aromatic heterocycles. The topological polar surface area (TPSA) is 123 Å². The van der Waals surface area contributed by atoms with Crippen molar-refractivity contribution in [1.82, 2.24) is 14.8 Å². The maximum Gasteiger partial charge on any atom is 0.237 e. The molecule has 2 heterocycles. The van der Waals surface area contributed by atoms with Gasteiger partial charge in [-0.3, -0.25) is 14.4 Å². The number of thioether (sulfide) groups is 1. The van der Waals surface area contributed by atoms with Crippen LogP contribution in [0.25, 0.3) is 0 Å². The number of hydrogen-bond donors (Lipinski definition) is 2. The van der Waals surface area contributed by atoms with Crippen LogP contribution in [-0.2, 0) is 27.9 Å². The number of anilines is 2. The minimum Gasteiger partial charge on any atom is -0.370 e. The van der Waals surface area contributed by atoms with Gasteiger partial charge in [0.25, 0.3) is 0 Å². The molecule has 1 aromatic carbocycles. The van der Waals surface area contributed by atoms with E-state index in [1.807, 2.05) is 25.1 Å². The number of benzene rings is 1. The van der Waals surface area contributed by atoms with E-state index in [1.54, 1.807) is 22.6 Å². The van der Waals surface area contributed by atoms with E-state index in [4.69, 9.17) is 5.73 Å². The fraction of sp³-hybridized carbons (Fsp3) is 0.389. The highest BCUT2D eigenvalue weighted by Crippen LogP contribution is 2.32. The van der Waals surface area contributed by atoms with Crippen LogP contribution in [0.2, 0.25) is 0 Å². The zero-order chi connectivity index (χ0) is 20.3. The maximum absolute atomic E-state index is 13.0. The third-order valence-electron chi connectivity index (χ3n) is 4.47. The average molecular weight is 402 g/mol. The Morgan fingerprint density at radius 2 is 2.07 bits per heavy atom. The molecule has 0 radical (unpaired) electrons. The zero-order valence-corrected chi connectivity index (χ0v) is 16.5. The number of nitrogens with zero attached hydrogens (tertiary/aromatic N) is 4. The van der Waals surface area contributed by atoms with Gasteiger partial charge in [0, 0.05) is 32.4 Å². The summed E-state index contributed by atoms with van der Waals surface area (Å²) >= 11 is 1.26. The van der Waals surface area contributed by atoms with Crippen LogP contribution in [0.5, 0.6) is 0 Å². The molecule has 1 aliphatic rings. The molecule has 10 heteroatoms. The predicted molar refractivity (Wildman–Crippen MR) is 106 cm³/mol. The van der Waals surface area contributed by atoms with Crippen molar-refractivity contribution < 1.29 is 14.4 Å². The summed E-state index contributed by atoms with van der Waals surface area (Å²) in [6.45, 7) is 1.86. The normalized spacial score (nSPS) is 16.3. The number of hydrogen-bond acceptors (Lipinski definition) is 6. The molecule has 3 N–H and O–H groups in total. The Kier molecular flexibility index (Phi) is 5.98. The number of aromatic nitrogens is 3. The molecule has 148 valence electrons. The van der Waals surface area contributed by atoms with Crippen molar-refractivity contribution >= 4 is 40.9 Å². The molecule has 1 aliphatic heterocycles. The molecule has 1 unspecified atom stereocenters. The van der Waals surface area contributed by atoms with Gasteiger partial charge in [0.15, 0.2) is 5.16 Å². The summed E-state index contributed by atoms with van der Waals surface area (Å²) < 4.78 is 1.76. The summed E-state index contributed by atoms with van der Waals surface area (Å²) in [6.07, 6.45) is 0.822. The number of amides is 3. The number of carbonyl (C=O) groups excluding carboxylic acids is 3. The standard InChI is InChI=1S/C18H22N6O3S/c1-11-9-16(26)20-12-5-3-4-6-13(12)24(11)17(27)10-28-18-22-21-15(23(18)2)8-7-14(19)25/h3-6,11H,7-10H2,1-2H3,(H2,19,25)(H,20,26). The van der Waals surface area contributed by atoms with Gasteiger partial charge in [0.1, 0.15) is 5.82 Å². The smallest absolute Gasteiger partial charge is 0.237 e. The largest absolute Gasteiger partial charge is 0.370 e. The van der Waals surface area contributed by atoms with E-state index in [9.17, 15) is 14.4 Å². The van der Waals surface area contributed by atoms with Gasteiger partial charge in [0.05, 0.1) is 17.1 Å². The lowest BCUT2D eigenvalue weighted by Crippen LogP contribution is -2.40. The zero-order valence-electron chi connectivity index (χ0n) is 15.7. The Balaban J connectivity index is 1.73. The second kappa shape index (κ2) is 8.42. The molecule has 3 amide bonds. The summed E-state index contributed by atoms with van der Waals surface area (Å²) in [6, 6.07) is 7.00. The van der Waals surface area contributed by atoms with Gasteiger partial charge in [-0.2, -0.15) is 0 Å². The molecular weight excluding hydrogens is 380 g/mol. The maximum atomic E-state index is 13.0. The van der Waals surface area contributed by atoms with Gasteiger partial charge in [-0.25, -0.2) is 0 Å². The molecule has 1 atom stereocenters. The van der Waals surface area contributed by atoms with Crippen molar-refractivity contribution in [3.63, 3.8) is 0 Å². The molecule has 0 spiro atoms. The first-order valence-corrected chi connectivity index (χ1v) is 9.85. The van der Waals surface area contributed by atoms with Gasteiger partial charge in [0.2, 0.25) is 17.7 Å². The van der Waals surface area contributed by atoms with Crippen LogP contribution in [0, 0.1) is 0 Å². The number of nitrogens with two attached hydrogens (primary N) is 1. The summed E-state index contributed by atoms with van der Waals surface area (Å²) in [5, 5.41) is 11.6. The van der Waals surface area contributed by atoms with Crippen molar-refractivity contribution in [2.75, 3.05) is 16.0 Å². The molecule has 0 saturated carbocycles. The van der Waals surface area contributed by atoms with Gasteiger partial charge in [-0.1, -0.05) is 23.9 Å². The number of rotatable bonds is 6. The van der Waals surface area contributed by atoms with E-state index in [1.165, 1.54) is 11.8 Å². The van der Waals surface area contributed by atoms with E-state index in [-0.39, 0.29) is 36.5 Å². The predicted octanol–water partition coefficient (Wildman–Crippen LogP) is 1.09. The van der Waals surface area contributed by atoms with Crippen molar-refractivity contribution in [3.05, 3.63) is 30.1 Å². The average Bonchev–Trinajstić information content (AvgIpc) is 2.92. The third kappa shape index (κ3) is 4.33. The second-order valence-corrected chi connectivity index (χ2v) is 7.54.